The van der Waals surface area contributed by atoms with E-state index < -0.39 is 5.56 Å². The average molecular weight is 359 g/mol. The molecule has 124 valence electrons. The molecule has 1 N–H and O–H groups in total. The minimum atomic E-state index is -0.401. The Morgan fingerprint density at radius 1 is 1.12 bits per heavy atom. The number of rotatable bonds is 3. The van der Waals surface area contributed by atoms with Crippen molar-refractivity contribution < 1.29 is 4.98 Å². The number of H-pyrrole nitrogens is 1. The van der Waals surface area contributed by atoms with Crippen molar-refractivity contribution in [2.45, 2.75) is 0 Å². The normalized spacial score (nSPS) is 10.6. The van der Waals surface area contributed by atoms with Crippen molar-refractivity contribution >= 4 is 27.9 Å². The van der Waals surface area contributed by atoms with E-state index in [1.165, 1.54) is 16.7 Å². The van der Waals surface area contributed by atoms with Crippen molar-refractivity contribution in [3.8, 4) is 22.2 Å². The predicted octanol–water partition coefficient (Wildman–Crippen LogP) is 3.80. The maximum absolute atomic E-state index is 12.8. The van der Waals surface area contributed by atoms with Gasteiger partial charge in [0.05, 0.1) is 5.52 Å². The number of nitrogens with zero attached hydrogens (tertiary/aromatic N) is 3. The molecule has 2 aromatic carbocycles. The third-order valence-electron chi connectivity index (χ3n) is 4.09. The molecule has 0 aliphatic heterocycles. The molecule has 0 radical (unpaired) electrons. The third kappa shape index (κ3) is 2.59. The molecule has 7 heteroatoms. The van der Waals surface area contributed by atoms with Crippen LogP contribution in [0.4, 0.5) is 5.69 Å². The quantitative estimate of drug-likeness (QED) is 0.521. The fourth-order valence-corrected chi connectivity index (χ4v) is 3.51. The van der Waals surface area contributed by atoms with E-state index in [4.69, 9.17) is 0 Å². The summed E-state index contributed by atoms with van der Waals surface area (Å²) in [7, 11) is 0. The second-order valence-electron chi connectivity index (χ2n) is 5.60. The highest BCUT2D eigenvalue weighted by Crippen LogP contribution is 2.27. The monoisotopic (exact) mass is 359 g/mol. The molecule has 4 aromatic rings. The molecule has 2 heterocycles. The van der Waals surface area contributed by atoms with Crippen LogP contribution >= 0.6 is 11.3 Å². The number of hydrogen-bond acceptors (Lipinski definition) is 5. The van der Waals surface area contributed by atoms with Crippen LogP contribution in [0.15, 0.2) is 70.2 Å². The Balaban J connectivity index is 2.05. The van der Waals surface area contributed by atoms with Crippen molar-refractivity contribution in [1.82, 2.24) is 4.57 Å². The Morgan fingerprint density at radius 2 is 1.92 bits per heavy atom. The van der Waals surface area contributed by atoms with Gasteiger partial charge in [-0.05, 0) is 41.6 Å². The van der Waals surface area contributed by atoms with Crippen LogP contribution in [-0.4, -0.2) is 4.57 Å². The van der Waals surface area contributed by atoms with Gasteiger partial charge in [0.1, 0.15) is 22.2 Å². The van der Waals surface area contributed by atoms with E-state index in [-0.39, 0.29) is 11.3 Å². The zero-order chi connectivity index (χ0) is 18.1. The molecule has 0 aliphatic carbocycles. The third-order valence-corrected chi connectivity index (χ3v) is 4.95. The Hall–Kier alpha value is -3.63. The van der Waals surface area contributed by atoms with Gasteiger partial charge < -0.3 is 0 Å². The number of fused-ring (bicyclic) bond motifs is 1. The first-order chi connectivity index (χ1) is 12.7. The Kier molecular flexibility index (Phi) is 3.88. The van der Waals surface area contributed by atoms with Crippen molar-refractivity contribution in [3.63, 3.8) is 0 Å². The average Bonchev–Trinajstić information content (AvgIpc) is 3.22. The summed E-state index contributed by atoms with van der Waals surface area (Å²) in [5, 5.41) is 13.0. The molecule has 0 saturated carbocycles. The first-order valence-electron chi connectivity index (χ1n) is 7.70. The van der Waals surface area contributed by atoms with E-state index in [1.54, 1.807) is 29.5 Å². The zero-order valence-electron chi connectivity index (χ0n) is 13.3. The van der Waals surface area contributed by atoms with Gasteiger partial charge in [-0.2, -0.15) is 5.26 Å². The molecule has 4 rings (SSSR count). The zero-order valence-corrected chi connectivity index (χ0v) is 14.2. The molecule has 0 fully saturated rings. The van der Waals surface area contributed by atoms with Gasteiger partial charge in [0.25, 0.3) is 5.56 Å². The summed E-state index contributed by atoms with van der Waals surface area (Å²) in [6, 6.07) is 15.7. The van der Waals surface area contributed by atoms with Crippen LogP contribution in [0.25, 0.3) is 27.0 Å². The fraction of sp³-hybridized carbons (Fsp3) is 0. The van der Waals surface area contributed by atoms with E-state index in [0.717, 1.165) is 15.8 Å². The maximum Gasteiger partial charge on any atom is 0.273 e. The Morgan fingerprint density at radius 3 is 2.58 bits per heavy atom. The predicted molar refractivity (Wildman–Crippen MR) is 99.6 cm³/mol. The van der Waals surface area contributed by atoms with Gasteiger partial charge in [-0.3, -0.25) is 9.36 Å². The number of benzene rings is 2. The number of pyridine rings is 1. The lowest BCUT2D eigenvalue weighted by atomic mass is 10.1. The van der Waals surface area contributed by atoms with Crippen molar-refractivity contribution in [3.05, 3.63) is 81.1 Å². The van der Waals surface area contributed by atoms with Gasteiger partial charge in [-0.1, -0.05) is 23.5 Å². The van der Waals surface area contributed by atoms with Gasteiger partial charge in [-0.25, -0.2) is 4.98 Å². The van der Waals surface area contributed by atoms with E-state index >= 15 is 0 Å². The molecule has 0 amide bonds. The standard InChI is InChI=1S/C19H10N4O2S/c20-9-14-7-12-1-2-13(18-10-21-11-26-18)8-17(12)23(19(14)24)16-5-3-15(22-25)4-6-16/h1-8,10-11H/p+1. The van der Waals surface area contributed by atoms with E-state index in [9.17, 15) is 15.0 Å². The topological polar surface area (TPSA) is 89.4 Å². The molecule has 0 saturated heterocycles. The summed E-state index contributed by atoms with van der Waals surface area (Å²) in [6.45, 7) is 0. The van der Waals surface area contributed by atoms with Crippen LogP contribution in [-0.2, 0) is 0 Å². The lowest BCUT2D eigenvalue weighted by molar-refractivity contribution is -0.370. The molecule has 0 bridgehead atoms. The number of aromatic amines is 1. The van der Waals surface area contributed by atoms with E-state index in [0.29, 0.717) is 11.2 Å². The van der Waals surface area contributed by atoms with Crippen molar-refractivity contribution in [1.29, 1.82) is 5.26 Å². The summed E-state index contributed by atoms with van der Waals surface area (Å²) in [4.78, 5) is 27.5. The van der Waals surface area contributed by atoms with Gasteiger partial charge in [-0.15, -0.1) is 4.91 Å². The summed E-state index contributed by atoms with van der Waals surface area (Å²) in [5.74, 6) is 0. The molecule has 0 unspecified atom stereocenters. The lowest BCUT2D eigenvalue weighted by Crippen LogP contribution is -2.21. The molecular weight excluding hydrogens is 348 g/mol. The van der Waals surface area contributed by atoms with Crippen molar-refractivity contribution in [2.24, 2.45) is 5.18 Å². The molecule has 0 spiro atoms. The number of nitriles is 1. The van der Waals surface area contributed by atoms with Crippen LogP contribution < -0.4 is 10.5 Å². The molecule has 0 aliphatic rings. The van der Waals surface area contributed by atoms with Gasteiger partial charge in [0, 0.05) is 16.6 Å². The van der Waals surface area contributed by atoms with E-state index in [2.05, 4.69) is 10.2 Å². The second kappa shape index (κ2) is 6.35. The first-order valence-corrected chi connectivity index (χ1v) is 8.58. The van der Waals surface area contributed by atoms with Crippen LogP contribution in [0.2, 0.25) is 0 Å². The summed E-state index contributed by atoms with van der Waals surface area (Å²) in [5.41, 5.74) is 4.03. The smallest absolute Gasteiger partial charge is 0.273 e. The molecular formula is C19H11N4O2S+. The van der Waals surface area contributed by atoms with Crippen molar-refractivity contribution in [2.75, 3.05) is 0 Å². The number of nitrogens with one attached hydrogen (secondary N) is 1. The fourth-order valence-electron chi connectivity index (χ4n) is 2.85. The highest BCUT2D eigenvalue weighted by Gasteiger charge is 2.13. The number of thiazole rings is 1. The number of aromatic nitrogens is 2. The first kappa shape index (κ1) is 15.9. The SMILES string of the molecule is N#Cc1cc2ccc(-c3c[nH+]cs3)cc2n(-c2ccc(N=O)cc2)c1=O. The van der Waals surface area contributed by atoms with Crippen LogP contribution in [0.5, 0.6) is 0 Å². The minimum Gasteiger partial charge on any atom is -0.276 e. The summed E-state index contributed by atoms with van der Waals surface area (Å²) < 4.78 is 1.49. The van der Waals surface area contributed by atoms with E-state index in [1.807, 2.05) is 36.0 Å². The molecule has 26 heavy (non-hydrogen) atoms. The van der Waals surface area contributed by atoms with Crippen LogP contribution in [0.3, 0.4) is 0 Å². The minimum absolute atomic E-state index is 0.0623. The Bertz CT molecular complexity index is 1220. The maximum atomic E-state index is 12.8. The molecule has 0 atom stereocenters. The Labute approximate surface area is 151 Å². The van der Waals surface area contributed by atoms with Gasteiger partial charge in [0.15, 0.2) is 6.20 Å². The molecule has 6 nitrogen and oxygen atoms in total. The van der Waals surface area contributed by atoms with Gasteiger partial charge >= 0.3 is 0 Å². The number of nitroso groups, excluding NO2 is 1. The highest BCUT2D eigenvalue weighted by atomic mass is 32.1. The van der Waals surface area contributed by atoms with Crippen LogP contribution in [0.1, 0.15) is 5.56 Å². The number of hydrogen-bond donors (Lipinski definition) is 0. The second-order valence-corrected chi connectivity index (χ2v) is 6.51. The van der Waals surface area contributed by atoms with Crippen LogP contribution in [0, 0.1) is 16.2 Å². The van der Waals surface area contributed by atoms with Gasteiger partial charge in [0.2, 0.25) is 5.51 Å². The summed E-state index contributed by atoms with van der Waals surface area (Å²) >= 11 is 1.56. The summed E-state index contributed by atoms with van der Waals surface area (Å²) in [6.07, 6.45) is 1.89. The molecule has 2 aromatic heterocycles. The largest absolute Gasteiger partial charge is 0.276 e. The highest BCUT2D eigenvalue weighted by molar-refractivity contribution is 7.12. The lowest BCUT2D eigenvalue weighted by Gasteiger charge is -2.12.